The van der Waals surface area contributed by atoms with Gasteiger partial charge >= 0.3 is 0 Å². The summed E-state index contributed by atoms with van der Waals surface area (Å²) >= 11 is 0. The van der Waals surface area contributed by atoms with Crippen LogP contribution in [0.25, 0.3) is 22.5 Å². The van der Waals surface area contributed by atoms with E-state index >= 15 is 0 Å². The van der Waals surface area contributed by atoms with Crippen molar-refractivity contribution in [2.45, 2.75) is 20.0 Å². The van der Waals surface area contributed by atoms with Crippen LogP contribution in [0.4, 0.5) is 11.5 Å². The van der Waals surface area contributed by atoms with Crippen molar-refractivity contribution in [3.05, 3.63) is 90.6 Å². The third-order valence-electron chi connectivity index (χ3n) is 5.59. The smallest absolute Gasteiger partial charge is 0.161 e. The minimum atomic E-state index is 0.705. The van der Waals surface area contributed by atoms with Crippen LogP contribution >= 0.6 is 0 Å². The Morgan fingerprint density at radius 3 is 2.62 bits per heavy atom. The van der Waals surface area contributed by atoms with Gasteiger partial charge in [-0.15, -0.1) is 0 Å². The Morgan fingerprint density at radius 1 is 1.03 bits per heavy atom. The summed E-state index contributed by atoms with van der Waals surface area (Å²) in [5.41, 5.74) is 6.76. The number of benzene rings is 2. The van der Waals surface area contributed by atoms with Crippen LogP contribution in [0.2, 0.25) is 0 Å². The molecular formula is C25H25N7. The quantitative estimate of drug-likeness (QED) is 0.401. The van der Waals surface area contributed by atoms with Crippen LogP contribution in [0.15, 0.2) is 79.5 Å². The third kappa shape index (κ3) is 4.05. The van der Waals surface area contributed by atoms with E-state index in [-0.39, 0.29) is 0 Å². The summed E-state index contributed by atoms with van der Waals surface area (Å²) in [5, 5.41) is 13.5. The first-order valence-electron chi connectivity index (χ1n) is 10.7. The van der Waals surface area contributed by atoms with E-state index < -0.39 is 0 Å². The first-order valence-corrected chi connectivity index (χ1v) is 10.7. The first kappa shape index (κ1) is 19.8. The highest BCUT2D eigenvalue weighted by Gasteiger charge is 2.20. The molecule has 1 aliphatic heterocycles. The lowest BCUT2D eigenvalue weighted by atomic mass is 10.1. The lowest BCUT2D eigenvalue weighted by molar-refractivity contribution is 0.337. The molecule has 0 amide bonds. The maximum Gasteiger partial charge on any atom is 0.161 e. The molecule has 0 radical (unpaired) electrons. The lowest BCUT2D eigenvalue weighted by Gasteiger charge is -2.20. The summed E-state index contributed by atoms with van der Waals surface area (Å²) in [7, 11) is 0. The van der Waals surface area contributed by atoms with Gasteiger partial charge in [-0.25, -0.2) is 9.97 Å². The van der Waals surface area contributed by atoms with E-state index in [2.05, 4.69) is 74.5 Å². The lowest BCUT2D eigenvalue weighted by Crippen LogP contribution is -2.26. The maximum absolute atomic E-state index is 4.74. The second kappa shape index (κ2) is 8.55. The summed E-state index contributed by atoms with van der Waals surface area (Å²) in [5.74, 6) is 2.43. The molecule has 3 N–H and O–H groups in total. The molecule has 0 saturated heterocycles. The van der Waals surface area contributed by atoms with Crippen LogP contribution in [0.1, 0.15) is 18.1 Å². The van der Waals surface area contributed by atoms with E-state index in [0.29, 0.717) is 5.82 Å². The van der Waals surface area contributed by atoms with Crippen LogP contribution in [0.3, 0.4) is 0 Å². The Balaban J connectivity index is 1.32. The van der Waals surface area contributed by atoms with Gasteiger partial charge < -0.3 is 15.5 Å². The summed E-state index contributed by atoms with van der Waals surface area (Å²) in [6, 6.07) is 16.5. The summed E-state index contributed by atoms with van der Waals surface area (Å²) in [6.45, 7) is 8.81. The second-order valence-electron chi connectivity index (χ2n) is 7.77. The van der Waals surface area contributed by atoms with Gasteiger partial charge in [0.15, 0.2) is 5.82 Å². The molecule has 160 valence electrons. The highest BCUT2D eigenvalue weighted by molar-refractivity contribution is 5.67. The number of aromatic nitrogens is 4. The van der Waals surface area contributed by atoms with E-state index in [1.165, 1.54) is 11.1 Å². The Bertz CT molecular complexity index is 1230. The van der Waals surface area contributed by atoms with Crippen molar-refractivity contribution < 1.29 is 0 Å². The first-order chi connectivity index (χ1) is 15.7. The molecule has 0 spiro atoms. The monoisotopic (exact) mass is 423 g/mol. The van der Waals surface area contributed by atoms with Gasteiger partial charge in [0.2, 0.25) is 0 Å². The molecule has 0 atom stereocenters. The molecule has 0 aliphatic carbocycles. The fraction of sp³-hybridized carbons (Fsp3) is 0.160. The van der Waals surface area contributed by atoms with Crippen molar-refractivity contribution in [1.82, 2.24) is 30.4 Å². The highest BCUT2D eigenvalue weighted by atomic mass is 15.2. The topological polar surface area (TPSA) is 81.8 Å². The Morgan fingerprint density at radius 2 is 1.84 bits per heavy atom. The van der Waals surface area contributed by atoms with Crippen LogP contribution in [0.5, 0.6) is 0 Å². The number of anilines is 2. The van der Waals surface area contributed by atoms with Crippen molar-refractivity contribution in [3.8, 4) is 22.5 Å². The van der Waals surface area contributed by atoms with Crippen LogP contribution in [0, 0.1) is 0 Å². The number of rotatable bonds is 7. The van der Waals surface area contributed by atoms with E-state index in [1.54, 1.807) is 6.20 Å². The number of hydrogen-bond acceptors (Lipinski definition) is 6. The van der Waals surface area contributed by atoms with E-state index in [9.17, 15) is 0 Å². The molecule has 2 aromatic carbocycles. The van der Waals surface area contributed by atoms with Crippen LogP contribution in [-0.2, 0) is 13.1 Å². The van der Waals surface area contributed by atoms with Gasteiger partial charge in [0.05, 0.1) is 12.0 Å². The molecule has 0 saturated carbocycles. The molecule has 7 nitrogen and oxygen atoms in total. The number of H-pyrrole nitrogens is 1. The molecule has 0 unspecified atom stereocenters. The van der Waals surface area contributed by atoms with Crippen molar-refractivity contribution in [2.24, 2.45) is 0 Å². The fourth-order valence-corrected chi connectivity index (χ4v) is 3.91. The summed E-state index contributed by atoms with van der Waals surface area (Å²) in [4.78, 5) is 11.5. The van der Waals surface area contributed by atoms with Crippen LogP contribution < -0.4 is 10.6 Å². The average Bonchev–Trinajstić information content (AvgIpc) is 3.50. The van der Waals surface area contributed by atoms with E-state index in [0.717, 1.165) is 53.7 Å². The zero-order valence-electron chi connectivity index (χ0n) is 18.0. The van der Waals surface area contributed by atoms with E-state index in [1.807, 2.05) is 30.6 Å². The standard InChI is InChI=1S/C25H25N7/c1-3-26-17(2)32-15-20-5-4-19(12-21(20)16-32)25-27-11-10-24(31-25)30-23-8-6-18(7-9-23)22-13-28-29-14-22/h4-14,26H,2-3,15-16H2,1H3,(H,28,29)(H,27,30,31). The normalized spacial score (nSPS) is 12.5. The Kier molecular flexibility index (Phi) is 5.29. The molecule has 4 aromatic rings. The second-order valence-corrected chi connectivity index (χ2v) is 7.77. The minimum Gasteiger partial charge on any atom is -0.372 e. The molecule has 0 bridgehead atoms. The predicted octanol–water partition coefficient (Wildman–Crippen LogP) is 4.67. The van der Waals surface area contributed by atoms with Crippen molar-refractivity contribution in [1.29, 1.82) is 0 Å². The average molecular weight is 424 g/mol. The van der Waals surface area contributed by atoms with Crippen LogP contribution in [-0.4, -0.2) is 31.6 Å². The van der Waals surface area contributed by atoms with Gasteiger partial charge in [-0.1, -0.05) is 30.8 Å². The molecule has 3 heterocycles. The Labute approximate surface area is 187 Å². The zero-order valence-corrected chi connectivity index (χ0v) is 18.0. The number of fused-ring (bicyclic) bond motifs is 1. The number of aromatic amines is 1. The SMILES string of the molecule is C=C(NCC)N1Cc2ccc(-c3nccc(Nc4ccc(-c5cn[nH]c5)cc4)n3)cc2C1. The largest absolute Gasteiger partial charge is 0.372 e. The van der Waals surface area contributed by atoms with E-state index in [4.69, 9.17) is 4.98 Å². The van der Waals surface area contributed by atoms with Gasteiger partial charge in [-0.05, 0) is 47.9 Å². The van der Waals surface area contributed by atoms with Crippen molar-refractivity contribution >= 4 is 11.5 Å². The van der Waals surface area contributed by atoms with Gasteiger partial charge in [0, 0.05) is 48.8 Å². The molecule has 1 aliphatic rings. The van der Waals surface area contributed by atoms with Crippen molar-refractivity contribution in [2.75, 3.05) is 11.9 Å². The molecule has 0 fully saturated rings. The van der Waals surface area contributed by atoms with Gasteiger partial charge in [-0.3, -0.25) is 5.10 Å². The molecular weight excluding hydrogens is 398 g/mol. The molecule has 5 rings (SSSR count). The minimum absolute atomic E-state index is 0.705. The number of nitrogens with zero attached hydrogens (tertiary/aromatic N) is 4. The number of nitrogens with one attached hydrogen (secondary N) is 3. The molecule has 7 heteroatoms. The molecule has 32 heavy (non-hydrogen) atoms. The third-order valence-corrected chi connectivity index (χ3v) is 5.59. The predicted molar refractivity (Wildman–Crippen MR) is 127 cm³/mol. The molecule has 2 aromatic heterocycles. The highest BCUT2D eigenvalue weighted by Crippen LogP contribution is 2.29. The Hall–Kier alpha value is -4.13. The van der Waals surface area contributed by atoms with Gasteiger partial charge in [0.1, 0.15) is 5.82 Å². The van der Waals surface area contributed by atoms with Gasteiger partial charge in [-0.2, -0.15) is 5.10 Å². The van der Waals surface area contributed by atoms with Gasteiger partial charge in [0.25, 0.3) is 0 Å². The summed E-state index contributed by atoms with van der Waals surface area (Å²) in [6.07, 6.45) is 5.48. The maximum atomic E-state index is 4.74. The fourth-order valence-electron chi connectivity index (χ4n) is 3.91. The zero-order chi connectivity index (χ0) is 21.9. The number of hydrogen-bond donors (Lipinski definition) is 3. The summed E-state index contributed by atoms with van der Waals surface area (Å²) < 4.78 is 0. The van der Waals surface area contributed by atoms with Crippen molar-refractivity contribution in [3.63, 3.8) is 0 Å².